The van der Waals surface area contributed by atoms with Gasteiger partial charge in [0.25, 0.3) is 5.91 Å². The molecule has 6 nitrogen and oxygen atoms in total. The van der Waals surface area contributed by atoms with Crippen LogP contribution in [-0.4, -0.2) is 33.4 Å². The van der Waals surface area contributed by atoms with Crippen molar-refractivity contribution < 1.29 is 9.59 Å². The second-order valence-corrected chi connectivity index (χ2v) is 8.22. The topological polar surface area (TPSA) is 76.0 Å². The number of nitrogens with one attached hydrogen (secondary N) is 2. The van der Waals surface area contributed by atoms with E-state index in [1.165, 1.54) is 0 Å². The zero-order valence-corrected chi connectivity index (χ0v) is 17.5. The monoisotopic (exact) mass is 392 g/mol. The van der Waals surface area contributed by atoms with Crippen LogP contribution in [0.1, 0.15) is 42.5 Å². The molecule has 1 heterocycles. The maximum Gasteiger partial charge on any atom is 0.251 e. The van der Waals surface area contributed by atoms with Gasteiger partial charge in [-0.05, 0) is 51.5 Å². The van der Waals surface area contributed by atoms with E-state index in [1.807, 2.05) is 80.8 Å². The number of benzene rings is 2. The van der Waals surface area contributed by atoms with Gasteiger partial charge in [0.2, 0.25) is 5.91 Å². The quantitative estimate of drug-likeness (QED) is 0.676. The highest BCUT2D eigenvalue weighted by atomic mass is 16.2. The second-order valence-electron chi connectivity index (χ2n) is 8.22. The van der Waals surface area contributed by atoms with Crippen LogP contribution in [0.15, 0.2) is 48.5 Å². The average molecular weight is 393 g/mol. The lowest BCUT2D eigenvalue weighted by molar-refractivity contribution is -0.123. The van der Waals surface area contributed by atoms with Crippen molar-refractivity contribution in [2.45, 2.75) is 46.2 Å². The molecular formula is C23H28N4O2. The Bertz CT molecular complexity index is 1030. The largest absolute Gasteiger partial charge is 0.352 e. The van der Waals surface area contributed by atoms with Gasteiger partial charge in [0.15, 0.2) is 0 Å². The zero-order chi connectivity index (χ0) is 21.0. The predicted octanol–water partition coefficient (Wildman–Crippen LogP) is 3.23. The number of hydrogen-bond acceptors (Lipinski definition) is 3. The molecule has 0 saturated carbocycles. The summed E-state index contributed by atoms with van der Waals surface area (Å²) in [7, 11) is 0. The van der Waals surface area contributed by atoms with Crippen LogP contribution in [0.25, 0.3) is 11.0 Å². The highest BCUT2D eigenvalue weighted by Crippen LogP contribution is 2.17. The van der Waals surface area contributed by atoms with Gasteiger partial charge in [-0.15, -0.1) is 0 Å². The van der Waals surface area contributed by atoms with E-state index in [1.54, 1.807) is 0 Å². The van der Waals surface area contributed by atoms with Crippen molar-refractivity contribution in [3.05, 3.63) is 65.5 Å². The maximum atomic E-state index is 12.5. The summed E-state index contributed by atoms with van der Waals surface area (Å²) in [4.78, 5) is 29.6. The first-order chi connectivity index (χ1) is 13.7. The summed E-state index contributed by atoms with van der Waals surface area (Å²) in [5.41, 5.74) is 3.07. The number of aryl methyl sites for hydroxylation is 1. The van der Waals surface area contributed by atoms with E-state index in [4.69, 9.17) is 0 Å². The molecule has 29 heavy (non-hydrogen) atoms. The summed E-state index contributed by atoms with van der Waals surface area (Å²) in [6.45, 7) is 8.43. The van der Waals surface area contributed by atoms with Gasteiger partial charge in [0.05, 0.1) is 11.0 Å². The summed E-state index contributed by atoms with van der Waals surface area (Å²) in [5, 5.41) is 5.95. The molecule has 0 aliphatic heterocycles. The van der Waals surface area contributed by atoms with E-state index < -0.39 is 0 Å². The molecule has 152 valence electrons. The Kier molecular flexibility index (Phi) is 6.01. The van der Waals surface area contributed by atoms with Crippen molar-refractivity contribution in [2.75, 3.05) is 6.54 Å². The Labute approximate surface area is 171 Å². The number of para-hydroxylation sites is 2. The third kappa shape index (κ3) is 5.22. The van der Waals surface area contributed by atoms with Crippen molar-refractivity contribution in [1.29, 1.82) is 0 Å². The first-order valence-corrected chi connectivity index (χ1v) is 9.83. The fourth-order valence-electron chi connectivity index (χ4n) is 3.30. The molecule has 0 aliphatic rings. The van der Waals surface area contributed by atoms with Crippen molar-refractivity contribution in [2.24, 2.45) is 0 Å². The molecule has 0 saturated heterocycles. The molecule has 0 spiro atoms. The molecule has 3 rings (SSSR count). The minimum Gasteiger partial charge on any atom is -0.352 e. The Hall–Kier alpha value is -3.15. The summed E-state index contributed by atoms with van der Waals surface area (Å²) in [6, 6.07) is 15.3. The van der Waals surface area contributed by atoms with Gasteiger partial charge in [-0.3, -0.25) is 9.59 Å². The van der Waals surface area contributed by atoms with Gasteiger partial charge in [0.1, 0.15) is 12.4 Å². The van der Waals surface area contributed by atoms with Crippen LogP contribution in [0.4, 0.5) is 0 Å². The molecule has 1 aromatic heterocycles. The average Bonchev–Trinajstić information content (AvgIpc) is 2.98. The van der Waals surface area contributed by atoms with Gasteiger partial charge in [-0.1, -0.05) is 30.3 Å². The van der Waals surface area contributed by atoms with E-state index in [0.717, 1.165) is 22.4 Å². The van der Waals surface area contributed by atoms with Crippen LogP contribution in [0.5, 0.6) is 0 Å². The maximum absolute atomic E-state index is 12.5. The number of imidazole rings is 1. The number of fused-ring (bicyclic) bond motifs is 1. The fraction of sp³-hybridized carbons (Fsp3) is 0.348. The Balaban J connectivity index is 1.74. The molecule has 0 fully saturated rings. The lowest BCUT2D eigenvalue weighted by Gasteiger charge is -2.21. The number of rotatable bonds is 6. The standard InChI is InChI=1S/C23H28N4O2/c1-16-9-5-6-10-17(16)22(29)24-14-13-20-25-18-11-7-8-12-19(18)27(20)15-21(28)26-23(2,3)4/h5-12H,13-15H2,1-4H3,(H,24,29)(H,26,28). The van der Waals surface area contributed by atoms with Crippen LogP contribution in [0, 0.1) is 6.92 Å². The Morgan fingerprint density at radius 1 is 1.03 bits per heavy atom. The third-order valence-electron chi connectivity index (χ3n) is 4.57. The van der Waals surface area contributed by atoms with Crippen molar-refractivity contribution in [3.63, 3.8) is 0 Å². The molecule has 2 N–H and O–H groups in total. The van der Waals surface area contributed by atoms with Crippen molar-refractivity contribution in [1.82, 2.24) is 20.2 Å². The SMILES string of the molecule is Cc1ccccc1C(=O)NCCc1nc2ccccc2n1CC(=O)NC(C)(C)C. The van der Waals surface area contributed by atoms with Gasteiger partial charge in [0, 0.05) is 24.1 Å². The fourth-order valence-corrected chi connectivity index (χ4v) is 3.30. The number of hydrogen-bond donors (Lipinski definition) is 2. The molecule has 2 aromatic carbocycles. The van der Waals surface area contributed by atoms with Gasteiger partial charge < -0.3 is 15.2 Å². The van der Waals surface area contributed by atoms with E-state index in [-0.39, 0.29) is 23.9 Å². The highest BCUT2D eigenvalue weighted by molar-refractivity contribution is 5.95. The number of carbonyl (C=O) groups excluding carboxylic acids is 2. The lowest BCUT2D eigenvalue weighted by Crippen LogP contribution is -2.42. The summed E-state index contributed by atoms with van der Waals surface area (Å²) in [5.74, 6) is 0.613. The molecular weight excluding hydrogens is 364 g/mol. The first kappa shape index (κ1) is 20.6. The summed E-state index contributed by atoms with van der Waals surface area (Å²) < 4.78 is 1.93. The molecule has 0 unspecified atom stereocenters. The molecule has 0 radical (unpaired) electrons. The van der Waals surface area contributed by atoms with E-state index in [0.29, 0.717) is 18.5 Å². The number of carbonyl (C=O) groups is 2. The van der Waals surface area contributed by atoms with Crippen molar-refractivity contribution >= 4 is 22.8 Å². The highest BCUT2D eigenvalue weighted by Gasteiger charge is 2.18. The number of amides is 2. The lowest BCUT2D eigenvalue weighted by atomic mass is 10.1. The van der Waals surface area contributed by atoms with Crippen LogP contribution in [0.3, 0.4) is 0 Å². The minimum absolute atomic E-state index is 0.0640. The van der Waals surface area contributed by atoms with E-state index in [9.17, 15) is 9.59 Å². The van der Waals surface area contributed by atoms with Gasteiger partial charge >= 0.3 is 0 Å². The van der Waals surface area contributed by atoms with Crippen LogP contribution >= 0.6 is 0 Å². The first-order valence-electron chi connectivity index (χ1n) is 9.83. The molecule has 6 heteroatoms. The molecule has 2 amide bonds. The number of aromatic nitrogens is 2. The normalized spacial score (nSPS) is 11.4. The minimum atomic E-state index is -0.296. The smallest absolute Gasteiger partial charge is 0.251 e. The second kappa shape index (κ2) is 8.47. The zero-order valence-electron chi connectivity index (χ0n) is 17.5. The molecule has 0 atom stereocenters. The summed E-state index contributed by atoms with van der Waals surface area (Å²) in [6.07, 6.45) is 0.537. The summed E-state index contributed by atoms with van der Waals surface area (Å²) >= 11 is 0. The Morgan fingerprint density at radius 3 is 2.45 bits per heavy atom. The molecule has 3 aromatic rings. The number of nitrogens with zero attached hydrogens (tertiary/aromatic N) is 2. The predicted molar refractivity (Wildman–Crippen MR) is 115 cm³/mol. The van der Waals surface area contributed by atoms with Crippen LogP contribution < -0.4 is 10.6 Å². The van der Waals surface area contributed by atoms with Gasteiger partial charge in [-0.2, -0.15) is 0 Å². The molecule has 0 bridgehead atoms. The van der Waals surface area contributed by atoms with E-state index in [2.05, 4.69) is 15.6 Å². The van der Waals surface area contributed by atoms with Gasteiger partial charge in [-0.25, -0.2) is 4.98 Å². The van der Waals surface area contributed by atoms with Crippen LogP contribution in [-0.2, 0) is 17.8 Å². The molecule has 0 aliphatic carbocycles. The Morgan fingerprint density at radius 2 is 1.72 bits per heavy atom. The van der Waals surface area contributed by atoms with Crippen molar-refractivity contribution in [3.8, 4) is 0 Å². The van der Waals surface area contributed by atoms with E-state index >= 15 is 0 Å². The van der Waals surface area contributed by atoms with Crippen LogP contribution in [0.2, 0.25) is 0 Å². The third-order valence-corrected chi connectivity index (χ3v) is 4.57.